The minimum Gasteiger partial charge on any atom is -0.506 e. The second kappa shape index (κ2) is 6.63. The highest BCUT2D eigenvalue weighted by Gasteiger charge is 2.14. The van der Waals surface area contributed by atoms with Crippen molar-refractivity contribution < 1.29 is 23.1 Å². The molecule has 6 nitrogen and oxygen atoms in total. The number of rotatable bonds is 6. The van der Waals surface area contributed by atoms with Crippen molar-refractivity contribution in [2.75, 3.05) is 17.1 Å². The first-order chi connectivity index (χ1) is 8.84. The zero-order valence-electron chi connectivity index (χ0n) is 10.2. The lowest BCUT2D eigenvalue weighted by molar-refractivity contribution is -0.142. The molecule has 1 aromatic carbocycles. The fourth-order valence-corrected chi connectivity index (χ4v) is 2.46. The summed E-state index contributed by atoms with van der Waals surface area (Å²) in [6.45, 7) is 1.85. The van der Waals surface area contributed by atoms with E-state index in [4.69, 9.17) is 11.6 Å². The van der Waals surface area contributed by atoms with Crippen molar-refractivity contribution in [3.05, 3.63) is 23.2 Å². The number of phenolic OH excluding ortho intramolecular Hbond substituents is 1. The van der Waals surface area contributed by atoms with Gasteiger partial charge in [-0.05, 0) is 25.1 Å². The first-order valence-corrected chi connectivity index (χ1v) is 7.51. The average Bonchev–Trinajstić information content (AvgIpc) is 2.32. The van der Waals surface area contributed by atoms with E-state index in [1.807, 2.05) is 0 Å². The van der Waals surface area contributed by atoms with Crippen molar-refractivity contribution in [3.63, 3.8) is 0 Å². The summed E-state index contributed by atoms with van der Waals surface area (Å²) in [4.78, 5) is 11.1. The normalized spacial score (nSPS) is 11.1. The molecular weight excluding hydrogens is 294 g/mol. The van der Waals surface area contributed by atoms with Crippen LogP contribution in [0.3, 0.4) is 0 Å². The van der Waals surface area contributed by atoms with E-state index in [2.05, 4.69) is 9.46 Å². The SMILES string of the molecule is CCOC(=O)CCS(=O)(=O)Nc1ccc(O)c(Cl)c1. The summed E-state index contributed by atoms with van der Waals surface area (Å²) in [7, 11) is -3.67. The minimum absolute atomic E-state index is 0.0330. The van der Waals surface area contributed by atoms with Gasteiger partial charge in [-0.3, -0.25) is 9.52 Å². The second-order valence-electron chi connectivity index (χ2n) is 3.64. The maximum absolute atomic E-state index is 11.7. The van der Waals surface area contributed by atoms with E-state index < -0.39 is 16.0 Å². The molecule has 0 atom stereocenters. The first-order valence-electron chi connectivity index (χ1n) is 5.48. The van der Waals surface area contributed by atoms with Crippen molar-refractivity contribution in [1.82, 2.24) is 0 Å². The maximum atomic E-state index is 11.7. The molecule has 8 heteroatoms. The molecule has 0 amide bonds. The number of anilines is 1. The van der Waals surface area contributed by atoms with Gasteiger partial charge in [0, 0.05) is 0 Å². The minimum atomic E-state index is -3.67. The van der Waals surface area contributed by atoms with Gasteiger partial charge in [-0.2, -0.15) is 0 Å². The number of phenols is 1. The molecular formula is C11H14ClNO5S. The average molecular weight is 308 g/mol. The van der Waals surface area contributed by atoms with Gasteiger partial charge in [0.1, 0.15) is 5.75 Å². The van der Waals surface area contributed by atoms with Gasteiger partial charge in [0.2, 0.25) is 10.0 Å². The number of nitrogens with one attached hydrogen (secondary N) is 1. The summed E-state index contributed by atoms with van der Waals surface area (Å²) in [5.41, 5.74) is 0.214. The Morgan fingerprint density at radius 3 is 2.74 bits per heavy atom. The number of carbonyl (C=O) groups excluding carboxylic acids is 1. The summed E-state index contributed by atoms with van der Waals surface area (Å²) in [5, 5.41) is 9.24. The Morgan fingerprint density at radius 1 is 1.47 bits per heavy atom. The molecule has 0 aliphatic rings. The van der Waals surface area contributed by atoms with Gasteiger partial charge in [-0.1, -0.05) is 11.6 Å². The fraction of sp³-hybridized carbons (Fsp3) is 0.364. The van der Waals surface area contributed by atoms with Crippen LogP contribution in [0.25, 0.3) is 0 Å². The monoisotopic (exact) mass is 307 g/mol. The standard InChI is InChI=1S/C11H14ClNO5S/c1-2-18-11(15)5-6-19(16,17)13-8-3-4-10(14)9(12)7-8/h3-4,7,13-14H,2,5-6H2,1H3. The summed E-state index contributed by atoms with van der Waals surface area (Å²) in [6.07, 6.45) is -0.227. The van der Waals surface area contributed by atoms with Crippen LogP contribution in [-0.4, -0.2) is 31.9 Å². The highest BCUT2D eigenvalue weighted by Crippen LogP contribution is 2.26. The van der Waals surface area contributed by atoms with E-state index in [0.717, 1.165) is 0 Å². The van der Waals surface area contributed by atoms with E-state index >= 15 is 0 Å². The zero-order valence-corrected chi connectivity index (χ0v) is 11.8. The number of sulfonamides is 1. The van der Waals surface area contributed by atoms with Crippen LogP contribution in [0.1, 0.15) is 13.3 Å². The third-order valence-electron chi connectivity index (χ3n) is 2.10. The Hall–Kier alpha value is -1.47. The molecule has 0 aromatic heterocycles. The number of carbonyl (C=O) groups is 1. The zero-order chi connectivity index (χ0) is 14.5. The van der Waals surface area contributed by atoms with Gasteiger partial charge in [0.25, 0.3) is 0 Å². The number of esters is 1. The molecule has 2 N–H and O–H groups in total. The Labute approximate surface area is 116 Å². The topological polar surface area (TPSA) is 92.7 Å². The van der Waals surface area contributed by atoms with Crippen molar-refractivity contribution in [3.8, 4) is 5.75 Å². The van der Waals surface area contributed by atoms with Gasteiger partial charge >= 0.3 is 5.97 Å². The van der Waals surface area contributed by atoms with E-state index in [9.17, 15) is 18.3 Å². The molecule has 1 rings (SSSR count). The van der Waals surface area contributed by atoms with Crippen molar-refractivity contribution in [2.45, 2.75) is 13.3 Å². The number of hydrogen-bond acceptors (Lipinski definition) is 5. The molecule has 19 heavy (non-hydrogen) atoms. The van der Waals surface area contributed by atoms with Crippen LogP contribution >= 0.6 is 11.6 Å². The first kappa shape index (κ1) is 15.6. The van der Waals surface area contributed by atoms with Gasteiger partial charge < -0.3 is 9.84 Å². The van der Waals surface area contributed by atoms with Crippen molar-refractivity contribution in [2.24, 2.45) is 0 Å². The van der Waals surface area contributed by atoms with Crippen molar-refractivity contribution in [1.29, 1.82) is 0 Å². The molecule has 0 unspecified atom stereocenters. The summed E-state index contributed by atoms with van der Waals surface area (Å²) in [5.74, 6) is -1.10. The Morgan fingerprint density at radius 2 is 2.16 bits per heavy atom. The molecule has 0 spiro atoms. The highest BCUT2D eigenvalue weighted by atomic mass is 35.5. The molecule has 0 fully saturated rings. The van der Waals surface area contributed by atoms with E-state index in [1.54, 1.807) is 6.92 Å². The number of ether oxygens (including phenoxy) is 1. The van der Waals surface area contributed by atoms with E-state index in [0.29, 0.717) is 0 Å². The molecule has 0 aliphatic heterocycles. The predicted molar refractivity (Wildman–Crippen MR) is 71.8 cm³/mol. The molecule has 0 heterocycles. The predicted octanol–water partition coefficient (Wildman–Crippen LogP) is 1.74. The van der Waals surface area contributed by atoms with Crippen LogP contribution in [-0.2, 0) is 19.6 Å². The summed E-state index contributed by atoms with van der Waals surface area (Å²) >= 11 is 5.65. The van der Waals surface area contributed by atoms with E-state index in [-0.39, 0.29) is 35.2 Å². The smallest absolute Gasteiger partial charge is 0.306 e. The Balaban J connectivity index is 2.64. The fourth-order valence-electron chi connectivity index (χ4n) is 1.25. The molecule has 0 saturated heterocycles. The maximum Gasteiger partial charge on any atom is 0.306 e. The van der Waals surface area contributed by atoms with Crippen LogP contribution in [0.5, 0.6) is 5.75 Å². The molecule has 0 aliphatic carbocycles. The van der Waals surface area contributed by atoms with Gasteiger partial charge in [-0.15, -0.1) is 0 Å². The molecule has 1 aromatic rings. The Kier molecular flexibility index (Phi) is 5.44. The van der Waals surface area contributed by atoms with Crippen LogP contribution in [0.4, 0.5) is 5.69 Å². The van der Waals surface area contributed by atoms with Crippen molar-refractivity contribution >= 4 is 33.3 Å². The molecule has 0 bridgehead atoms. The number of hydrogen-bond donors (Lipinski definition) is 2. The Bertz CT molecular complexity index is 558. The van der Waals surface area contributed by atoms with E-state index in [1.165, 1.54) is 18.2 Å². The summed E-state index contributed by atoms with van der Waals surface area (Å²) < 4.78 is 30.3. The molecule has 0 radical (unpaired) electrons. The highest BCUT2D eigenvalue weighted by molar-refractivity contribution is 7.92. The van der Waals surface area contributed by atoms with Gasteiger partial charge in [0.15, 0.2) is 0 Å². The lowest BCUT2D eigenvalue weighted by atomic mass is 10.3. The third-order valence-corrected chi connectivity index (χ3v) is 3.69. The van der Waals surface area contributed by atoms with Gasteiger partial charge in [-0.25, -0.2) is 8.42 Å². The number of benzene rings is 1. The third kappa shape index (κ3) is 5.35. The second-order valence-corrected chi connectivity index (χ2v) is 5.89. The molecule has 106 valence electrons. The molecule has 0 saturated carbocycles. The lowest BCUT2D eigenvalue weighted by Crippen LogP contribution is -2.19. The number of aromatic hydroxyl groups is 1. The number of halogens is 1. The van der Waals surface area contributed by atoms with Crippen LogP contribution in [0.15, 0.2) is 18.2 Å². The summed E-state index contributed by atoms with van der Waals surface area (Å²) in [6, 6.07) is 3.91. The lowest BCUT2D eigenvalue weighted by Gasteiger charge is -2.08. The largest absolute Gasteiger partial charge is 0.506 e. The van der Waals surface area contributed by atoms with Gasteiger partial charge in [0.05, 0.1) is 29.5 Å². The van der Waals surface area contributed by atoms with Crippen LogP contribution in [0, 0.1) is 0 Å². The van der Waals surface area contributed by atoms with Crippen LogP contribution < -0.4 is 4.72 Å². The van der Waals surface area contributed by atoms with Crippen LogP contribution in [0.2, 0.25) is 5.02 Å². The quantitative estimate of drug-likeness (QED) is 0.617.